The summed E-state index contributed by atoms with van der Waals surface area (Å²) in [5.74, 6) is -0.802. The number of H-pyrrole nitrogens is 15. The summed E-state index contributed by atoms with van der Waals surface area (Å²) < 4.78 is 0. The van der Waals surface area contributed by atoms with Crippen molar-refractivity contribution in [3.8, 4) is 0 Å². The maximum absolute atomic E-state index is 10.3. The highest BCUT2D eigenvalue weighted by Gasteiger charge is 2.14. The maximum Gasteiger partial charge on any atom is 0.347 e. The van der Waals surface area contributed by atoms with Crippen LogP contribution in [0.1, 0.15) is 12.8 Å². The summed E-state index contributed by atoms with van der Waals surface area (Å²) in [5.41, 5.74) is -2.41. The zero-order valence-electron chi connectivity index (χ0n) is 69.5. The minimum Gasteiger partial charge on any atom is -0.383 e. The van der Waals surface area contributed by atoms with E-state index in [-0.39, 0.29) is 99.2 Å². The second-order valence-corrected chi connectivity index (χ2v) is 21.9. The summed E-state index contributed by atoms with van der Waals surface area (Å²) in [5, 5.41) is 47.2. The number of amides is 10. The lowest BCUT2D eigenvalue weighted by Crippen LogP contribution is -2.31. The number of pyridine rings is 1. The lowest BCUT2D eigenvalue weighted by atomic mass is 10.3. The molecule has 0 atom stereocenters. The fraction of sp³-hybridized carbons (Fsp3) is 0.0946. The van der Waals surface area contributed by atoms with Gasteiger partial charge in [0.1, 0.15) is 50.9 Å². The Morgan fingerprint density at radius 1 is 0.328 bits per heavy atom. The number of aromatic nitrogens is 30. The van der Waals surface area contributed by atoms with Crippen LogP contribution in [0.2, 0.25) is 0 Å². The van der Waals surface area contributed by atoms with Crippen molar-refractivity contribution < 1.29 is 47.9 Å². The van der Waals surface area contributed by atoms with Crippen molar-refractivity contribution in [2.75, 3.05) is 32.7 Å². The first-order valence-electron chi connectivity index (χ1n) is 36.9. The number of carbonyl (C=O) groups is 10. The van der Waals surface area contributed by atoms with Gasteiger partial charge in [-0.05, 0) is 54.6 Å². The molecule has 700 valence electrons. The van der Waals surface area contributed by atoms with Crippen molar-refractivity contribution in [1.82, 2.24) is 193 Å². The molecule has 14 aromatic rings. The Labute approximate surface area is 748 Å². The first-order chi connectivity index (χ1) is 65.0. The fourth-order valence-corrected chi connectivity index (χ4v) is 6.37. The second-order valence-electron chi connectivity index (χ2n) is 21.9. The van der Waals surface area contributed by atoms with Crippen molar-refractivity contribution in [2.45, 2.75) is 12.8 Å². The average Bonchev–Trinajstić information content (AvgIpc) is 1.90. The molecule has 10 amide bonds. The van der Waals surface area contributed by atoms with Gasteiger partial charge in [0.25, 0.3) is 27.8 Å². The van der Waals surface area contributed by atoms with Crippen LogP contribution in [0.15, 0.2) is 336 Å². The van der Waals surface area contributed by atoms with Crippen LogP contribution in [0.25, 0.3) is 0 Å². The highest BCUT2D eigenvalue weighted by molar-refractivity contribution is 6.07. The van der Waals surface area contributed by atoms with Gasteiger partial charge in [0.2, 0.25) is 41.0 Å². The summed E-state index contributed by atoms with van der Waals surface area (Å²) in [6.07, 6.45) is 56.9. The van der Waals surface area contributed by atoms with Crippen LogP contribution in [-0.4, -0.2) is 261 Å². The van der Waals surface area contributed by atoms with E-state index in [2.05, 4.69) is 187 Å². The molecule has 0 unspecified atom stereocenters. The van der Waals surface area contributed by atoms with Crippen molar-refractivity contribution in [3.63, 3.8) is 0 Å². The molecule has 60 heteroatoms. The standard InChI is InChI=1S/C5H5NO2.C5H5NO.C4H4N2O2.5C4H4N2O.2C4H5NO.C4H5N.C3H3N3O2.C3H3N3O.C3H4N2O2.2C3H4N2O.3C3H4N2.2C2H3N3/c7-4-2-1-3-5(8)6-4;7-5-3-1-2-4-6-5;7-3-1-2-5-4(8)6-3;7-4-3-5-1-2-6-4;7-4-1-2-5-3-6-4;7-4-5-2-1-3-6-4;2*7-4-2-1-3-5-6-4;2*6-4-1-2-5-3-4;1-2-4-5-3-1;7-2-1-4-6-3(8)5-2;7-3-5-1-4-2-6-3;6-2-1-4-3(7)5-2;2*6-3-1-4-2-5-3;3*1-2-5-3-4-1;2*1-3-2-5-4-1/h1-2H,3H2,(H,6,7,8);1-4H,(H,6,7);2H,1H2,(H,6,7,8);1-3H,(H,6,7);2*1-3H,(H,5,6,7);2*1-3H,(H,6,7);2*1-2,5H,3H2;1-5H;1H,(H2,5,6,7,8);1-2H,(H,4,5,6,7);1H2,(H2,4,5,6,7);2*2H,1H2,(H,4,5,6);3*1-3H,(H,4,5);2*1-2H,(H,3,4,5). The number of ketones is 2. The second kappa shape index (κ2) is 79.5. The number of imide groups is 3. The van der Waals surface area contributed by atoms with Gasteiger partial charge in [-0.1, -0.05) is 12.1 Å². The molecule has 23 N–H and O–H groups in total. The Hall–Kier alpha value is -20.7. The van der Waals surface area contributed by atoms with E-state index in [1.54, 1.807) is 111 Å². The highest BCUT2D eigenvalue weighted by Crippen LogP contribution is 1.90. The molecule has 14 aromatic heterocycles. The molecular formula is C74H85N41O19. The predicted molar refractivity (Wildman–Crippen MR) is 471 cm³/mol. The molecule has 7 aliphatic rings. The lowest BCUT2D eigenvalue weighted by molar-refractivity contribution is -0.128. The number of aliphatic imine (C=N–C) groups is 3. The predicted octanol–water partition coefficient (Wildman–Crippen LogP) is -5.55. The number of nitrogens with zero attached hydrogens (tertiary/aromatic N) is 18. The number of urea groups is 2. The number of hydrogen-bond donors (Lipinski definition) is 23. The van der Waals surface area contributed by atoms with Crippen molar-refractivity contribution >= 4 is 78.0 Å². The van der Waals surface area contributed by atoms with Crippen molar-refractivity contribution in [3.05, 3.63) is 372 Å². The van der Waals surface area contributed by atoms with E-state index in [1.807, 2.05) is 45.2 Å². The number of carbonyl (C=O) groups excluding carboxylic acids is 10. The Bertz CT molecular complexity index is 5140. The van der Waals surface area contributed by atoms with E-state index in [0.717, 1.165) is 6.20 Å². The molecule has 60 nitrogen and oxygen atoms in total. The molecule has 0 spiro atoms. The van der Waals surface area contributed by atoms with Crippen molar-refractivity contribution in [2.24, 2.45) is 15.0 Å². The van der Waals surface area contributed by atoms with Gasteiger partial charge < -0.3 is 66.5 Å². The number of rotatable bonds is 0. The Morgan fingerprint density at radius 3 is 1.06 bits per heavy atom. The SMILES string of the molecule is O=C1C=CCC(=O)N1.O=C1C=CNC1.O=C1C=CNC1.O=C1CC=NC(=O)N1.O=C1CN=CN1.O=C1CN=CN1.O=C1CNC(=O)N1.O=c1cccc[nH]1.O=c1cccn[nH]1.O=c1cccn[nH]1.O=c1ccnc[nH]1.O=c1cn[nH]c(=O)[nH]1.O=c1cncc[nH]1.O=c1nccc[nH]1.O=c1ncnc[nH]1.c1c[nH]cn1.c1c[nH]cn1.c1c[nH]cn1.c1cc[nH]c1.c1nc[nH]n1.c1nc[nH]n1. The largest absolute Gasteiger partial charge is 0.383 e. The third-order valence-electron chi connectivity index (χ3n) is 11.7. The van der Waals surface area contributed by atoms with Crippen LogP contribution < -0.4 is 93.0 Å². The van der Waals surface area contributed by atoms with E-state index in [4.69, 9.17) is 0 Å². The van der Waals surface area contributed by atoms with Gasteiger partial charge in [0.05, 0.1) is 76.6 Å². The molecule has 0 aliphatic carbocycles. The number of hydrogen-bond acceptors (Lipinski definition) is 38. The van der Waals surface area contributed by atoms with Gasteiger partial charge in [-0.25, -0.2) is 84.1 Å². The molecule has 0 aromatic carbocycles. The third-order valence-corrected chi connectivity index (χ3v) is 11.7. The number of imidazole rings is 3. The highest BCUT2D eigenvalue weighted by atomic mass is 16.2. The zero-order chi connectivity index (χ0) is 97.9. The molecule has 7 aliphatic heterocycles. The first kappa shape index (κ1) is 111. The zero-order valence-corrected chi connectivity index (χ0v) is 69.5. The van der Waals surface area contributed by atoms with Crippen LogP contribution >= 0.6 is 0 Å². The topological polar surface area (TPSA) is 888 Å². The molecule has 1 fully saturated rings. The molecule has 0 bridgehead atoms. The summed E-state index contributed by atoms with van der Waals surface area (Å²) in [6.45, 7) is 1.71. The molecule has 21 heterocycles. The van der Waals surface area contributed by atoms with E-state index in [9.17, 15) is 91.1 Å². The molecule has 0 saturated carbocycles. The number of nitrogens with one attached hydrogen (secondary N) is 23. The lowest BCUT2D eigenvalue weighted by Gasteiger charge is -2.00. The summed E-state index contributed by atoms with van der Waals surface area (Å²) >= 11 is 0. The van der Waals surface area contributed by atoms with E-state index < -0.39 is 23.3 Å². The Kier molecular flexibility index (Phi) is 66.0. The monoisotopic (exact) mass is 1850 g/mol. The number of aromatic amines is 15. The molecular weight excluding hydrogens is 1770 g/mol. The maximum atomic E-state index is 10.3. The van der Waals surface area contributed by atoms with Gasteiger partial charge in [-0.3, -0.25) is 118 Å². The van der Waals surface area contributed by atoms with Gasteiger partial charge in [-0.15, -0.1) is 0 Å². The van der Waals surface area contributed by atoms with Gasteiger partial charge in [-0.2, -0.15) is 30.5 Å². The van der Waals surface area contributed by atoms with Crippen LogP contribution in [0, 0.1) is 0 Å². The van der Waals surface area contributed by atoms with Crippen LogP contribution in [-0.2, 0) is 38.4 Å². The van der Waals surface area contributed by atoms with E-state index >= 15 is 0 Å². The third kappa shape index (κ3) is 77.4. The Balaban J connectivity index is 0.000000704. The minimum atomic E-state index is -0.586. The summed E-state index contributed by atoms with van der Waals surface area (Å²) in [4.78, 5) is 263. The Morgan fingerprint density at radius 2 is 0.858 bits per heavy atom. The smallest absolute Gasteiger partial charge is 0.347 e. The van der Waals surface area contributed by atoms with E-state index in [0.29, 0.717) is 32.6 Å². The minimum absolute atomic E-state index is 0.0185. The fourth-order valence-electron chi connectivity index (χ4n) is 6.37. The van der Waals surface area contributed by atoms with Crippen molar-refractivity contribution in [1.29, 1.82) is 0 Å². The quantitative estimate of drug-likeness (QED) is 0.0497. The van der Waals surface area contributed by atoms with Gasteiger partial charge in [0, 0.05) is 148 Å². The summed E-state index contributed by atoms with van der Waals surface area (Å²) in [7, 11) is 0. The van der Waals surface area contributed by atoms with E-state index in [1.165, 1.54) is 155 Å². The van der Waals surface area contributed by atoms with Crippen LogP contribution in [0.3, 0.4) is 0 Å². The molecule has 1 saturated heterocycles. The normalized spacial score (nSPS) is 11.9. The first-order valence-corrected chi connectivity index (χ1v) is 36.9. The van der Waals surface area contributed by atoms with Gasteiger partial charge in [0.15, 0.2) is 11.6 Å². The van der Waals surface area contributed by atoms with Crippen LogP contribution in [0.5, 0.6) is 0 Å². The molecule has 0 radical (unpaired) electrons. The average molecular weight is 1850 g/mol. The van der Waals surface area contributed by atoms with Crippen LogP contribution in [0.4, 0.5) is 9.59 Å². The summed E-state index contributed by atoms with van der Waals surface area (Å²) in [6, 6.07) is 16.9. The molecule has 21 rings (SSSR count). The van der Waals surface area contributed by atoms with Gasteiger partial charge >= 0.3 is 29.1 Å². The molecule has 134 heavy (non-hydrogen) atoms.